The summed E-state index contributed by atoms with van der Waals surface area (Å²) in [6.45, 7) is 4.03. The first-order chi connectivity index (χ1) is 6.58. The van der Waals surface area contributed by atoms with Crippen LogP contribution in [0.1, 0.15) is 44.4 Å². The third kappa shape index (κ3) is 3.04. The Morgan fingerprint density at radius 1 is 1.57 bits per heavy atom. The van der Waals surface area contributed by atoms with Crippen molar-refractivity contribution in [1.82, 2.24) is 4.98 Å². The summed E-state index contributed by atoms with van der Waals surface area (Å²) in [5.41, 5.74) is 1.03. The van der Waals surface area contributed by atoms with E-state index in [0.29, 0.717) is 0 Å². The minimum Gasteiger partial charge on any atom is -0.385 e. The fourth-order valence-electron chi connectivity index (χ4n) is 1.41. The molecule has 0 saturated heterocycles. The summed E-state index contributed by atoms with van der Waals surface area (Å²) in [6.07, 6.45) is 4.22. The lowest BCUT2D eigenvalue weighted by molar-refractivity contribution is 0.0478. The van der Waals surface area contributed by atoms with E-state index < -0.39 is 5.60 Å². The van der Waals surface area contributed by atoms with Crippen LogP contribution in [-0.2, 0) is 5.60 Å². The molecule has 1 heterocycles. The number of unbranched alkanes of at least 4 members (excludes halogenated alkanes) is 2. The van der Waals surface area contributed by atoms with Crippen molar-refractivity contribution in [3.05, 3.63) is 15.0 Å². The molecule has 0 aromatic carbocycles. The zero-order valence-corrected chi connectivity index (χ0v) is 11.0. The van der Waals surface area contributed by atoms with Crippen molar-refractivity contribution in [3.63, 3.8) is 0 Å². The predicted molar refractivity (Wildman–Crippen MR) is 63.5 cm³/mol. The monoisotopic (exact) mass is 277 g/mol. The molecule has 0 saturated carbocycles. The molecule has 0 aliphatic rings. The van der Waals surface area contributed by atoms with Gasteiger partial charge in [-0.3, -0.25) is 0 Å². The van der Waals surface area contributed by atoms with Crippen LogP contribution >= 0.6 is 27.3 Å². The number of rotatable bonds is 5. The van der Waals surface area contributed by atoms with Crippen LogP contribution in [0, 0.1) is 0 Å². The van der Waals surface area contributed by atoms with Crippen LogP contribution in [0.15, 0.2) is 10.1 Å². The van der Waals surface area contributed by atoms with E-state index in [1.54, 1.807) is 5.51 Å². The number of halogens is 1. The van der Waals surface area contributed by atoms with Gasteiger partial charge < -0.3 is 5.11 Å². The van der Waals surface area contributed by atoms with Crippen LogP contribution < -0.4 is 0 Å². The summed E-state index contributed by atoms with van der Waals surface area (Å²) in [4.78, 5) is 5.02. The average molecular weight is 278 g/mol. The Balaban J connectivity index is 2.61. The fourth-order valence-corrected chi connectivity index (χ4v) is 3.13. The molecule has 0 amide bonds. The highest BCUT2D eigenvalue weighted by atomic mass is 79.9. The number of hydrogen-bond donors (Lipinski definition) is 1. The lowest BCUT2D eigenvalue weighted by atomic mass is 9.97. The molecule has 0 bridgehead atoms. The summed E-state index contributed by atoms with van der Waals surface area (Å²) in [7, 11) is 0. The van der Waals surface area contributed by atoms with Crippen molar-refractivity contribution >= 4 is 27.3 Å². The van der Waals surface area contributed by atoms with E-state index in [1.807, 2.05) is 6.92 Å². The van der Waals surface area contributed by atoms with Crippen LogP contribution in [0.2, 0.25) is 0 Å². The second kappa shape index (κ2) is 5.24. The van der Waals surface area contributed by atoms with Gasteiger partial charge in [0.2, 0.25) is 0 Å². The van der Waals surface area contributed by atoms with Crippen LogP contribution in [0.3, 0.4) is 0 Å². The van der Waals surface area contributed by atoms with Crippen LogP contribution in [-0.4, -0.2) is 10.1 Å². The highest BCUT2D eigenvalue weighted by Crippen LogP contribution is 2.34. The van der Waals surface area contributed by atoms with Gasteiger partial charge in [0, 0.05) is 0 Å². The fraction of sp³-hybridized carbons (Fsp3) is 0.700. The van der Waals surface area contributed by atoms with Crippen molar-refractivity contribution in [1.29, 1.82) is 0 Å². The Bertz CT molecular complexity index is 285. The second-order valence-electron chi connectivity index (χ2n) is 3.70. The van der Waals surface area contributed by atoms with E-state index in [1.165, 1.54) is 24.2 Å². The third-order valence-corrected chi connectivity index (χ3v) is 4.22. The Labute approximate surface area is 97.5 Å². The molecule has 0 spiro atoms. The average Bonchev–Trinajstić information content (AvgIpc) is 2.52. The highest BCUT2D eigenvalue weighted by Gasteiger charge is 2.26. The van der Waals surface area contributed by atoms with Gasteiger partial charge in [-0.25, -0.2) is 4.98 Å². The van der Waals surface area contributed by atoms with E-state index in [4.69, 9.17) is 0 Å². The molecule has 1 aromatic heterocycles. The van der Waals surface area contributed by atoms with E-state index in [9.17, 15) is 5.11 Å². The first-order valence-electron chi connectivity index (χ1n) is 4.89. The van der Waals surface area contributed by atoms with Gasteiger partial charge in [-0.15, -0.1) is 11.3 Å². The summed E-state index contributed by atoms with van der Waals surface area (Å²) < 4.78 is 0.781. The quantitative estimate of drug-likeness (QED) is 0.833. The van der Waals surface area contributed by atoms with Crippen molar-refractivity contribution in [2.45, 2.75) is 45.1 Å². The molecule has 0 radical (unpaired) electrons. The highest BCUT2D eigenvalue weighted by molar-refractivity contribution is 9.10. The lowest BCUT2D eigenvalue weighted by Gasteiger charge is -2.21. The number of aliphatic hydroxyl groups is 1. The largest absolute Gasteiger partial charge is 0.385 e. The number of aromatic nitrogens is 1. The van der Waals surface area contributed by atoms with Crippen LogP contribution in [0.5, 0.6) is 0 Å². The van der Waals surface area contributed by atoms with E-state index >= 15 is 0 Å². The Kier molecular flexibility index (Phi) is 4.54. The van der Waals surface area contributed by atoms with Crippen molar-refractivity contribution in [2.75, 3.05) is 0 Å². The van der Waals surface area contributed by atoms with Crippen molar-refractivity contribution < 1.29 is 5.11 Å². The normalized spacial score (nSPS) is 15.4. The zero-order valence-electron chi connectivity index (χ0n) is 8.59. The summed E-state index contributed by atoms with van der Waals surface area (Å²) in [5, 5.41) is 10.2. The Morgan fingerprint density at radius 3 is 2.79 bits per heavy atom. The Hall–Kier alpha value is 0.0700. The van der Waals surface area contributed by atoms with E-state index in [0.717, 1.165) is 22.3 Å². The molecule has 0 fully saturated rings. The molecule has 0 aliphatic heterocycles. The smallest absolute Gasteiger partial charge is 0.123 e. The van der Waals surface area contributed by atoms with Gasteiger partial charge in [-0.2, -0.15) is 0 Å². The zero-order chi connectivity index (χ0) is 10.6. The Morgan fingerprint density at radius 2 is 2.29 bits per heavy atom. The SMILES string of the molecule is CCCCCC(C)(O)c1scnc1Br. The second-order valence-corrected chi connectivity index (χ2v) is 5.31. The predicted octanol–water partition coefficient (Wildman–Crippen LogP) is 3.69. The number of thiazole rings is 1. The minimum absolute atomic E-state index is 0.727. The molecule has 1 aromatic rings. The van der Waals surface area contributed by atoms with Gasteiger partial charge in [0.15, 0.2) is 0 Å². The molecule has 1 unspecified atom stereocenters. The van der Waals surface area contributed by atoms with E-state index in [-0.39, 0.29) is 0 Å². The number of hydrogen-bond acceptors (Lipinski definition) is 3. The molecular formula is C10H16BrNOS. The van der Waals surface area contributed by atoms with Gasteiger partial charge in [0.05, 0.1) is 16.0 Å². The van der Waals surface area contributed by atoms with E-state index in [2.05, 4.69) is 27.8 Å². The van der Waals surface area contributed by atoms with Gasteiger partial charge >= 0.3 is 0 Å². The first kappa shape index (κ1) is 12.1. The van der Waals surface area contributed by atoms with Gasteiger partial charge in [-0.05, 0) is 29.3 Å². The maximum absolute atomic E-state index is 10.2. The van der Waals surface area contributed by atoms with Crippen LogP contribution in [0.4, 0.5) is 0 Å². The first-order valence-corrected chi connectivity index (χ1v) is 6.57. The lowest BCUT2D eigenvalue weighted by Crippen LogP contribution is -2.20. The molecule has 80 valence electrons. The molecule has 1 N–H and O–H groups in total. The molecular weight excluding hydrogens is 262 g/mol. The molecule has 1 rings (SSSR count). The maximum Gasteiger partial charge on any atom is 0.123 e. The summed E-state index contributed by atoms with van der Waals surface area (Å²) >= 11 is 4.86. The summed E-state index contributed by atoms with van der Waals surface area (Å²) in [6, 6.07) is 0. The molecule has 1 atom stereocenters. The number of nitrogens with zero attached hydrogens (tertiary/aromatic N) is 1. The topological polar surface area (TPSA) is 33.1 Å². The van der Waals surface area contributed by atoms with Gasteiger partial charge in [-0.1, -0.05) is 26.2 Å². The maximum atomic E-state index is 10.2. The molecule has 4 heteroatoms. The third-order valence-electron chi connectivity index (χ3n) is 2.28. The standard InChI is InChI=1S/C10H16BrNOS/c1-3-4-5-6-10(2,13)8-9(11)12-7-14-8/h7,13H,3-6H2,1-2H3. The molecule has 0 aliphatic carbocycles. The van der Waals surface area contributed by atoms with Crippen LogP contribution in [0.25, 0.3) is 0 Å². The molecule has 2 nitrogen and oxygen atoms in total. The van der Waals surface area contributed by atoms with Gasteiger partial charge in [0.25, 0.3) is 0 Å². The summed E-state index contributed by atoms with van der Waals surface area (Å²) in [5.74, 6) is 0. The minimum atomic E-state index is -0.727. The van der Waals surface area contributed by atoms with Gasteiger partial charge in [0.1, 0.15) is 4.60 Å². The van der Waals surface area contributed by atoms with Crippen molar-refractivity contribution in [2.24, 2.45) is 0 Å². The molecule has 14 heavy (non-hydrogen) atoms. The van der Waals surface area contributed by atoms with Crippen molar-refractivity contribution in [3.8, 4) is 0 Å².